The predicted octanol–water partition coefficient (Wildman–Crippen LogP) is 1.84. The SMILES string of the molecule is CC1CC(NC2(CO)CCCC2)CC(C)O1. The van der Waals surface area contributed by atoms with Crippen LogP contribution in [-0.2, 0) is 4.74 Å². The molecule has 1 aliphatic carbocycles. The van der Waals surface area contributed by atoms with Crippen molar-refractivity contribution in [2.75, 3.05) is 6.61 Å². The first-order chi connectivity index (χ1) is 7.63. The molecule has 2 aliphatic rings. The van der Waals surface area contributed by atoms with Crippen LogP contribution in [0.15, 0.2) is 0 Å². The van der Waals surface area contributed by atoms with Gasteiger partial charge in [0.2, 0.25) is 0 Å². The highest BCUT2D eigenvalue weighted by Gasteiger charge is 2.36. The maximum atomic E-state index is 9.59. The van der Waals surface area contributed by atoms with Crippen LogP contribution >= 0.6 is 0 Å². The molecule has 0 amide bonds. The fourth-order valence-corrected chi connectivity index (χ4v) is 3.36. The molecule has 2 rings (SSSR count). The fourth-order valence-electron chi connectivity index (χ4n) is 3.36. The Balaban J connectivity index is 1.92. The van der Waals surface area contributed by atoms with Crippen LogP contribution in [0, 0.1) is 0 Å². The molecular formula is C13H25NO2. The Labute approximate surface area is 98.6 Å². The molecule has 94 valence electrons. The van der Waals surface area contributed by atoms with Crippen LogP contribution in [0.4, 0.5) is 0 Å². The summed E-state index contributed by atoms with van der Waals surface area (Å²) in [6, 6.07) is 0.518. The molecule has 0 spiro atoms. The van der Waals surface area contributed by atoms with Crippen LogP contribution in [0.3, 0.4) is 0 Å². The quantitative estimate of drug-likeness (QED) is 0.773. The lowest BCUT2D eigenvalue weighted by molar-refractivity contribution is -0.0484. The van der Waals surface area contributed by atoms with Gasteiger partial charge in [-0.15, -0.1) is 0 Å². The van der Waals surface area contributed by atoms with E-state index in [-0.39, 0.29) is 12.1 Å². The normalized spacial score (nSPS) is 38.8. The lowest BCUT2D eigenvalue weighted by atomic mass is 9.92. The Kier molecular flexibility index (Phi) is 3.88. The van der Waals surface area contributed by atoms with E-state index in [1.54, 1.807) is 0 Å². The second-order valence-electron chi connectivity index (χ2n) is 5.72. The molecule has 3 nitrogen and oxygen atoms in total. The summed E-state index contributed by atoms with van der Waals surface area (Å²) in [4.78, 5) is 0. The molecule has 0 aromatic carbocycles. The van der Waals surface area contributed by atoms with E-state index in [2.05, 4.69) is 19.2 Å². The average Bonchev–Trinajstić information content (AvgIpc) is 2.65. The van der Waals surface area contributed by atoms with Crippen molar-refractivity contribution in [3.63, 3.8) is 0 Å². The third kappa shape index (κ3) is 2.76. The molecule has 3 heteroatoms. The van der Waals surface area contributed by atoms with Crippen molar-refractivity contribution in [1.29, 1.82) is 0 Å². The maximum absolute atomic E-state index is 9.59. The van der Waals surface area contributed by atoms with E-state index in [1.807, 2.05) is 0 Å². The van der Waals surface area contributed by atoms with Gasteiger partial charge in [-0.05, 0) is 39.5 Å². The Morgan fingerprint density at radius 3 is 2.25 bits per heavy atom. The highest BCUT2D eigenvalue weighted by atomic mass is 16.5. The van der Waals surface area contributed by atoms with Crippen molar-refractivity contribution >= 4 is 0 Å². The first-order valence-corrected chi connectivity index (χ1v) is 6.67. The number of hydrogen-bond acceptors (Lipinski definition) is 3. The average molecular weight is 227 g/mol. The van der Waals surface area contributed by atoms with Crippen LogP contribution in [-0.4, -0.2) is 35.5 Å². The first kappa shape index (κ1) is 12.3. The summed E-state index contributed by atoms with van der Waals surface area (Å²) in [6.45, 7) is 4.57. The van der Waals surface area contributed by atoms with E-state index >= 15 is 0 Å². The van der Waals surface area contributed by atoms with E-state index in [9.17, 15) is 5.11 Å². The third-order valence-corrected chi connectivity index (χ3v) is 4.07. The molecule has 0 aromatic heterocycles. The summed E-state index contributed by atoms with van der Waals surface area (Å²) in [6.07, 6.45) is 7.60. The van der Waals surface area contributed by atoms with Gasteiger partial charge in [0.25, 0.3) is 0 Å². The second-order valence-corrected chi connectivity index (χ2v) is 5.72. The molecule has 0 radical (unpaired) electrons. The van der Waals surface area contributed by atoms with Gasteiger partial charge in [-0.2, -0.15) is 0 Å². The summed E-state index contributed by atoms with van der Waals surface area (Å²) in [5.41, 5.74) is 0.0153. The van der Waals surface area contributed by atoms with Gasteiger partial charge in [0.15, 0.2) is 0 Å². The zero-order valence-electron chi connectivity index (χ0n) is 10.5. The lowest BCUT2D eigenvalue weighted by Crippen LogP contribution is -2.54. The molecule has 1 saturated heterocycles. The molecule has 1 saturated carbocycles. The van der Waals surface area contributed by atoms with E-state index in [0.29, 0.717) is 18.2 Å². The molecule has 16 heavy (non-hydrogen) atoms. The minimum absolute atomic E-state index is 0.0153. The maximum Gasteiger partial charge on any atom is 0.0613 e. The third-order valence-electron chi connectivity index (χ3n) is 4.07. The van der Waals surface area contributed by atoms with Gasteiger partial charge in [0, 0.05) is 11.6 Å². The Morgan fingerprint density at radius 2 is 1.75 bits per heavy atom. The lowest BCUT2D eigenvalue weighted by Gasteiger charge is -2.39. The van der Waals surface area contributed by atoms with E-state index in [4.69, 9.17) is 4.74 Å². The standard InChI is InChI=1S/C13H25NO2/c1-10-7-12(8-11(2)16-10)14-13(9-15)5-3-4-6-13/h10-12,14-15H,3-9H2,1-2H3. The van der Waals surface area contributed by atoms with E-state index in [1.165, 1.54) is 12.8 Å². The molecule has 0 bridgehead atoms. The number of hydrogen-bond donors (Lipinski definition) is 2. The van der Waals surface area contributed by atoms with Crippen LogP contribution in [0.2, 0.25) is 0 Å². The van der Waals surface area contributed by atoms with Gasteiger partial charge in [0.1, 0.15) is 0 Å². The van der Waals surface area contributed by atoms with Crippen molar-refractivity contribution in [3.05, 3.63) is 0 Å². The Bertz CT molecular complexity index is 216. The van der Waals surface area contributed by atoms with Crippen LogP contribution < -0.4 is 5.32 Å². The highest BCUT2D eigenvalue weighted by Crippen LogP contribution is 2.31. The van der Waals surface area contributed by atoms with E-state index < -0.39 is 0 Å². The molecule has 2 atom stereocenters. The summed E-state index contributed by atoms with van der Waals surface area (Å²) >= 11 is 0. The molecule has 1 aliphatic heterocycles. The van der Waals surface area contributed by atoms with Gasteiger partial charge in [-0.3, -0.25) is 0 Å². The van der Waals surface area contributed by atoms with Gasteiger partial charge in [0.05, 0.1) is 18.8 Å². The fraction of sp³-hybridized carbons (Fsp3) is 1.00. The number of aliphatic hydroxyl groups excluding tert-OH is 1. The van der Waals surface area contributed by atoms with Crippen LogP contribution in [0.25, 0.3) is 0 Å². The number of nitrogens with one attached hydrogen (secondary N) is 1. The molecule has 1 heterocycles. The molecule has 0 aromatic rings. The highest BCUT2D eigenvalue weighted by molar-refractivity contribution is 4.95. The van der Waals surface area contributed by atoms with Crippen molar-refractivity contribution in [3.8, 4) is 0 Å². The van der Waals surface area contributed by atoms with Crippen molar-refractivity contribution < 1.29 is 9.84 Å². The minimum Gasteiger partial charge on any atom is -0.394 e. The molecule has 2 unspecified atom stereocenters. The van der Waals surface area contributed by atoms with Gasteiger partial charge >= 0.3 is 0 Å². The summed E-state index contributed by atoms with van der Waals surface area (Å²) in [5.74, 6) is 0. The van der Waals surface area contributed by atoms with Crippen LogP contribution in [0.5, 0.6) is 0 Å². The summed E-state index contributed by atoms with van der Waals surface area (Å²) in [5, 5.41) is 13.3. The largest absolute Gasteiger partial charge is 0.394 e. The second kappa shape index (κ2) is 5.03. The summed E-state index contributed by atoms with van der Waals surface area (Å²) in [7, 11) is 0. The number of rotatable bonds is 3. The van der Waals surface area contributed by atoms with Gasteiger partial charge < -0.3 is 15.2 Å². The van der Waals surface area contributed by atoms with Crippen molar-refractivity contribution in [1.82, 2.24) is 5.32 Å². The Hall–Kier alpha value is -0.120. The summed E-state index contributed by atoms with van der Waals surface area (Å²) < 4.78 is 5.74. The first-order valence-electron chi connectivity index (χ1n) is 6.67. The van der Waals surface area contributed by atoms with Crippen molar-refractivity contribution in [2.45, 2.75) is 76.2 Å². The molecule has 2 fully saturated rings. The zero-order valence-corrected chi connectivity index (χ0v) is 10.5. The molecule has 2 N–H and O–H groups in total. The van der Waals surface area contributed by atoms with Crippen LogP contribution in [0.1, 0.15) is 52.4 Å². The number of ether oxygens (including phenoxy) is 1. The smallest absolute Gasteiger partial charge is 0.0613 e. The zero-order chi connectivity index (χ0) is 11.6. The van der Waals surface area contributed by atoms with E-state index in [0.717, 1.165) is 25.7 Å². The Morgan fingerprint density at radius 1 is 1.19 bits per heavy atom. The van der Waals surface area contributed by atoms with Gasteiger partial charge in [-0.25, -0.2) is 0 Å². The minimum atomic E-state index is 0.0153. The topological polar surface area (TPSA) is 41.5 Å². The predicted molar refractivity (Wildman–Crippen MR) is 64.5 cm³/mol. The monoisotopic (exact) mass is 227 g/mol. The van der Waals surface area contributed by atoms with Gasteiger partial charge in [-0.1, -0.05) is 12.8 Å². The number of aliphatic hydroxyl groups is 1. The molecular weight excluding hydrogens is 202 g/mol. The van der Waals surface area contributed by atoms with Crippen molar-refractivity contribution in [2.24, 2.45) is 0 Å².